The second-order valence-corrected chi connectivity index (χ2v) is 3.78. The van der Waals surface area contributed by atoms with Gasteiger partial charge in [-0.2, -0.15) is 10.4 Å². The van der Waals surface area contributed by atoms with Crippen molar-refractivity contribution in [2.75, 3.05) is 11.9 Å². The van der Waals surface area contributed by atoms with Crippen LogP contribution in [0.25, 0.3) is 0 Å². The number of anilines is 1. The molecule has 0 saturated heterocycles. The second kappa shape index (κ2) is 5.19. The number of nitriles is 1. The van der Waals surface area contributed by atoms with Gasteiger partial charge >= 0.3 is 0 Å². The van der Waals surface area contributed by atoms with Gasteiger partial charge in [0.05, 0.1) is 23.0 Å². The van der Waals surface area contributed by atoms with Gasteiger partial charge in [0, 0.05) is 18.3 Å². The minimum absolute atomic E-state index is 0.508. The highest BCUT2D eigenvalue weighted by molar-refractivity contribution is 7.07. The molecule has 0 aliphatic heterocycles. The first kappa shape index (κ1) is 10.5. The van der Waals surface area contributed by atoms with Gasteiger partial charge in [0.2, 0.25) is 0 Å². The molecular weight excluding hydrogens is 222 g/mol. The lowest BCUT2D eigenvalue weighted by atomic mass is 10.3. The van der Waals surface area contributed by atoms with Crippen LogP contribution in [0.3, 0.4) is 0 Å². The van der Waals surface area contributed by atoms with Gasteiger partial charge in [-0.15, -0.1) is 16.4 Å². The van der Waals surface area contributed by atoms with Crippen molar-refractivity contribution in [2.45, 2.75) is 6.42 Å². The van der Waals surface area contributed by atoms with E-state index in [0.717, 1.165) is 12.1 Å². The molecule has 0 bridgehead atoms. The molecule has 5 nitrogen and oxygen atoms in total. The summed E-state index contributed by atoms with van der Waals surface area (Å²) in [7, 11) is 0. The van der Waals surface area contributed by atoms with E-state index in [0.29, 0.717) is 17.9 Å². The summed E-state index contributed by atoms with van der Waals surface area (Å²) in [6.07, 6.45) is 2.31. The fourth-order valence-corrected chi connectivity index (χ4v) is 1.82. The molecule has 16 heavy (non-hydrogen) atoms. The van der Waals surface area contributed by atoms with E-state index in [9.17, 15) is 0 Å². The average molecular weight is 231 g/mol. The molecule has 6 heteroatoms. The number of hydrogen-bond donors (Lipinski definition) is 1. The average Bonchev–Trinajstić information content (AvgIpc) is 2.83. The van der Waals surface area contributed by atoms with Crippen LogP contribution in [0.2, 0.25) is 0 Å². The Morgan fingerprint density at radius 2 is 2.44 bits per heavy atom. The first-order valence-electron chi connectivity index (χ1n) is 4.73. The Bertz CT molecular complexity index is 488. The lowest BCUT2D eigenvalue weighted by Gasteiger charge is -2.04. The Hall–Kier alpha value is -2.00. The standard InChI is InChI=1S/C10H9N5S/c11-5-8-1-4-14-15-10(8)12-3-2-9-6-16-7-13-9/h1,4,6-7H,2-3H2,(H,12,15). The Kier molecular flexibility index (Phi) is 3.41. The molecule has 2 rings (SSSR count). The number of thiazole rings is 1. The first-order valence-corrected chi connectivity index (χ1v) is 5.67. The van der Waals surface area contributed by atoms with E-state index in [1.165, 1.54) is 6.20 Å². The van der Waals surface area contributed by atoms with Crippen LogP contribution in [0.1, 0.15) is 11.3 Å². The molecule has 0 unspecified atom stereocenters. The molecule has 0 aliphatic carbocycles. The van der Waals surface area contributed by atoms with E-state index in [1.807, 2.05) is 5.38 Å². The highest BCUT2D eigenvalue weighted by atomic mass is 32.1. The third kappa shape index (κ3) is 2.52. The fraction of sp³-hybridized carbons (Fsp3) is 0.200. The molecule has 0 spiro atoms. The molecule has 2 aromatic heterocycles. The summed E-state index contributed by atoms with van der Waals surface area (Å²) in [6.45, 7) is 0.692. The summed E-state index contributed by atoms with van der Waals surface area (Å²) < 4.78 is 0. The van der Waals surface area contributed by atoms with Crippen LogP contribution in [0.15, 0.2) is 23.2 Å². The van der Waals surface area contributed by atoms with Gasteiger partial charge in [0.1, 0.15) is 6.07 Å². The zero-order valence-corrected chi connectivity index (χ0v) is 9.24. The van der Waals surface area contributed by atoms with Crippen LogP contribution in [0, 0.1) is 11.3 Å². The van der Waals surface area contributed by atoms with Crippen LogP contribution < -0.4 is 5.32 Å². The van der Waals surface area contributed by atoms with Gasteiger partial charge < -0.3 is 5.32 Å². The molecule has 80 valence electrons. The van der Waals surface area contributed by atoms with Gasteiger partial charge in [-0.25, -0.2) is 4.98 Å². The SMILES string of the molecule is N#Cc1ccnnc1NCCc1cscn1. The van der Waals surface area contributed by atoms with Crippen LogP contribution >= 0.6 is 11.3 Å². The molecule has 2 heterocycles. The molecule has 0 fully saturated rings. The van der Waals surface area contributed by atoms with E-state index < -0.39 is 0 Å². The molecule has 0 amide bonds. The second-order valence-electron chi connectivity index (χ2n) is 3.06. The van der Waals surface area contributed by atoms with Crippen molar-refractivity contribution in [3.8, 4) is 6.07 Å². The van der Waals surface area contributed by atoms with Crippen molar-refractivity contribution < 1.29 is 0 Å². The summed E-state index contributed by atoms with van der Waals surface area (Å²) in [5.41, 5.74) is 3.35. The lowest BCUT2D eigenvalue weighted by molar-refractivity contribution is 0.942. The van der Waals surface area contributed by atoms with E-state index in [-0.39, 0.29) is 0 Å². The third-order valence-electron chi connectivity index (χ3n) is 2.00. The molecule has 0 radical (unpaired) electrons. The van der Waals surface area contributed by atoms with Gasteiger partial charge in [-0.05, 0) is 6.07 Å². The molecule has 2 aromatic rings. The van der Waals surface area contributed by atoms with Gasteiger partial charge in [-0.1, -0.05) is 0 Å². The Balaban J connectivity index is 1.93. The minimum atomic E-state index is 0.508. The molecule has 0 saturated carbocycles. The molecule has 0 aromatic carbocycles. The zero-order chi connectivity index (χ0) is 11.2. The smallest absolute Gasteiger partial charge is 0.166 e. The number of nitrogens with one attached hydrogen (secondary N) is 1. The van der Waals surface area contributed by atoms with Gasteiger partial charge in [0.15, 0.2) is 5.82 Å². The highest BCUT2D eigenvalue weighted by Gasteiger charge is 2.02. The quantitative estimate of drug-likeness (QED) is 0.862. The Labute approximate surface area is 96.8 Å². The number of hydrogen-bond acceptors (Lipinski definition) is 6. The summed E-state index contributed by atoms with van der Waals surface area (Å²) in [5, 5.41) is 21.5. The van der Waals surface area contributed by atoms with Crippen molar-refractivity contribution in [3.63, 3.8) is 0 Å². The normalized spacial score (nSPS) is 9.69. The largest absolute Gasteiger partial charge is 0.367 e. The summed E-state index contributed by atoms with van der Waals surface area (Å²) in [5.74, 6) is 0.528. The minimum Gasteiger partial charge on any atom is -0.367 e. The van der Waals surface area contributed by atoms with E-state index in [1.54, 1.807) is 22.9 Å². The Morgan fingerprint density at radius 3 is 3.19 bits per heavy atom. The number of nitrogens with zero attached hydrogens (tertiary/aromatic N) is 4. The maximum atomic E-state index is 8.83. The topological polar surface area (TPSA) is 74.5 Å². The maximum Gasteiger partial charge on any atom is 0.166 e. The van der Waals surface area contributed by atoms with Gasteiger partial charge in [0.25, 0.3) is 0 Å². The van der Waals surface area contributed by atoms with Crippen molar-refractivity contribution >= 4 is 17.2 Å². The van der Waals surface area contributed by atoms with Crippen molar-refractivity contribution in [2.24, 2.45) is 0 Å². The Morgan fingerprint density at radius 1 is 1.50 bits per heavy atom. The number of rotatable bonds is 4. The first-order chi connectivity index (χ1) is 7.90. The zero-order valence-electron chi connectivity index (χ0n) is 8.42. The van der Waals surface area contributed by atoms with Crippen LogP contribution in [-0.4, -0.2) is 21.7 Å². The summed E-state index contributed by atoms with van der Waals surface area (Å²) in [4.78, 5) is 4.17. The monoisotopic (exact) mass is 231 g/mol. The van der Waals surface area contributed by atoms with Crippen LogP contribution in [0.4, 0.5) is 5.82 Å². The highest BCUT2D eigenvalue weighted by Crippen LogP contribution is 2.08. The van der Waals surface area contributed by atoms with E-state index >= 15 is 0 Å². The van der Waals surface area contributed by atoms with Crippen LogP contribution in [0.5, 0.6) is 0 Å². The van der Waals surface area contributed by atoms with Gasteiger partial charge in [-0.3, -0.25) is 0 Å². The molecular formula is C10H9N5S. The lowest BCUT2D eigenvalue weighted by Crippen LogP contribution is -2.08. The van der Waals surface area contributed by atoms with Crippen molar-refractivity contribution in [1.29, 1.82) is 5.26 Å². The summed E-state index contributed by atoms with van der Waals surface area (Å²) in [6, 6.07) is 3.70. The summed E-state index contributed by atoms with van der Waals surface area (Å²) >= 11 is 1.57. The predicted molar refractivity (Wildman–Crippen MR) is 61.1 cm³/mol. The molecule has 0 atom stereocenters. The molecule has 1 N–H and O–H groups in total. The van der Waals surface area contributed by atoms with E-state index in [4.69, 9.17) is 5.26 Å². The van der Waals surface area contributed by atoms with Crippen LogP contribution in [-0.2, 0) is 6.42 Å². The fourth-order valence-electron chi connectivity index (χ4n) is 1.22. The predicted octanol–water partition coefficient (Wildman–Crippen LogP) is 1.46. The number of aromatic nitrogens is 3. The third-order valence-corrected chi connectivity index (χ3v) is 2.63. The molecule has 0 aliphatic rings. The van der Waals surface area contributed by atoms with Crippen molar-refractivity contribution in [3.05, 3.63) is 34.4 Å². The van der Waals surface area contributed by atoms with E-state index in [2.05, 4.69) is 26.6 Å². The maximum absolute atomic E-state index is 8.83. The van der Waals surface area contributed by atoms with Crippen molar-refractivity contribution in [1.82, 2.24) is 15.2 Å².